The van der Waals surface area contributed by atoms with Crippen molar-refractivity contribution in [1.82, 2.24) is 14.8 Å². The Bertz CT molecular complexity index is 744. The second-order valence-corrected chi connectivity index (χ2v) is 6.00. The van der Waals surface area contributed by atoms with Gasteiger partial charge in [-0.1, -0.05) is 0 Å². The first-order valence-electron chi connectivity index (χ1n) is 6.57. The molecule has 0 saturated carbocycles. The molecule has 0 bridgehead atoms. The summed E-state index contributed by atoms with van der Waals surface area (Å²) in [4.78, 5) is 13.7. The highest BCUT2D eigenvalue weighted by Crippen LogP contribution is 2.39. The lowest BCUT2D eigenvalue weighted by molar-refractivity contribution is -0.123. The van der Waals surface area contributed by atoms with Gasteiger partial charge in [0.2, 0.25) is 0 Å². The van der Waals surface area contributed by atoms with Gasteiger partial charge in [0, 0.05) is 28.8 Å². The van der Waals surface area contributed by atoms with Crippen molar-refractivity contribution in [3.63, 3.8) is 0 Å². The van der Waals surface area contributed by atoms with Gasteiger partial charge in [-0.3, -0.25) is 4.79 Å². The number of aliphatic hydroxyl groups is 1. The van der Waals surface area contributed by atoms with E-state index in [2.05, 4.69) is 36.3 Å². The average molecular weight is 350 g/mol. The van der Waals surface area contributed by atoms with Gasteiger partial charge in [0.05, 0.1) is 12.2 Å². The maximum Gasteiger partial charge on any atom is 0.257 e. The maximum absolute atomic E-state index is 11.5. The van der Waals surface area contributed by atoms with Crippen LogP contribution in [0, 0.1) is 0 Å². The fourth-order valence-corrected chi connectivity index (χ4v) is 3.38. The number of carbonyl (C=O) groups is 1. The number of nitrogens with one attached hydrogen (secondary N) is 1. The number of anilines is 2. The normalized spacial score (nSPS) is 20.2. The van der Waals surface area contributed by atoms with Gasteiger partial charge in [0.15, 0.2) is 11.9 Å². The molecular formula is C13H12BrN5O2. The summed E-state index contributed by atoms with van der Waals surface area (Å²) in [5, 5.41) is 20.5. The highest BCUT2D eigenvalue weighted by molar-refractivity contribution is 9.10. The number of aromatic nitrogens is 3. The molecule has 21 heavy (non-hydrogen) atoms. The largest absolute Gasteiger partial charge is 0.378 e. The molecule has 1 unspecified atom stereocenters. The molecule has 1 aromatic carbocycles. The zero-order chi connectivity index (χ0) is 14.6. The zero-order valence-corrected chi connectivity index (χ0v) is 12.5. The van der Waals surface area contributed by atoms with Crippen LogP contribution in [0.15, 0.2) is 22.9 Å². The first kappa shape index (κ1) is 12.8. The van der Waals surface area contributed by atoms with E-state index < -0.39 is 6.10 Å². The zero-order valence-electron chi connectivity index (χ0n) is 11.0. The lowest BCUT2D eigenvalue weighted by Gasteiger charge is -2.30. The molecule has 1 aromatic heterocycles. The summed E-state index contributed by atoms with van der Waals surface area (Å²) >= 11 is 3.53. The molecule has 108 valence electrons. The van der Waals surface area contributed by atoms with Crippen LogP contribution in [-0.2, 0) is 17.9 Å². The Morgan fingerprint density at radius 3 is 3.10 bits per heavy atom. The summed E-state index contributed by atoms with van der Waals surface area (Å²) in [6.45, 7) is 2.31. The highest BCUT2D eigenvalue weighted by atomic mass is 79.9. The first-order valence-corrected chi connectivity index (χ1v) is 7.37. The number of carbonyl (C=O) groups excluding carboxylic acids is 1. The molecule has 2 aliphatic heterocycles. The van der Waals surface area contributed by atoms with Crippen molar-refractivity contribution in [3.8, 4) is 0 Å². The number of benzene rings is 1. The summed E-state index contributed by atoms with van der Waals surface area (Å²) in [7, 11) is 0. The molecule has 0 spiro atoms. The summed E-state index contributed by atoms with van der Waals surface area (Å²) < 4.78 is 2.88. The van der Waals surface area contributed by atoms with Crippen LogP contribution in [-0.4, -0.2) is 32.3 Å². The Kier molecular flexibility index (Phi) is 2.76. The molecule has 0 aliphatic carbocycles. The van der Waals surface area contributed by atoms with E-state index in [0.717, 1.165) is 29.1 Å². The molecule has 3 heterocycles. The quantitative estimate of drug-likeness (QED) is 0.803. The highest BCUT2D eigenvalue weighted by Gasteiger charge is 2.30. The van der Waals surface area contributed by atoms with Crippen molar-refractivity contribution < 1.29 is 9.90 Å². The van der Waals surface area contributed by atoms with Gasteiger partial charge in [-0.15, -0.1) is 10.2 Å². The maximum atomic E-state index is 11.5. The number of hydrogen-bond acceptors (Lipinski definition) is 5. The van der Waals surface area contributed by atoms with Crippen LogP contribution < -0.4 is 10.2 Å². The molecule has 7 nitrogen and oxygen atoms in total. The molecule has 0 fully saturated rings. The van der Waals surface area contributed by atoms with Crippen LogP contribution in [0.5, 0.6) is 0 Å². The smallest absolute Gasteiger partial charge is 0.257 e. The third kappa shape index (κ3) is 1.94. The van der Waals surface area contributed by atoms with E-state index in [4.69, 9.17) is 0 Å². The predicted molar refractivity (Wildman–Crippen MR) is 78.8 cm³/mol. The summed E-state index contributed by atoms with van der Waals surface area (Å²) in [6.07, 6.45) is 0.649. The Morgan fingerprint density at radius 1 is 1.38 bits per heavy atom. The second-order valence-electron chi connectivity index (χ2n) is 5.14. The minimum atomic E-state index is -1.09. The van der Waals surface area contributed by atoms with Crippen molar-refractivity contribution in [1.29, 1.82) is 0 Å². The van der Waals surface area contributed by atoms with Crippen molar-refractivity contribution in [2.24, 2.45) is 0 Å². The standard InChI is InChI=1S/C13H12BrN5O2/c14-8-3-7-9(16-13(21)12(7)20)4-10(8)18-1-2-19-6-15-17-11(19)5-18/h3-4,6,12,20H,1-2,5H2,(H,16,21). The summed E-state index contributed by atoms with van der Waals surface area (Å²) in [6, 6.07) is 3.69. The predicted octanol–water partition coefficient (Wildman–Crippen LogP) is 1.05. The average Bonchev–Trinajstić information content (AvgIpc) is 3.04. The minimum absolute atomic E-state index is 0.382. The molecule has 2 aromatic rings. The van der Waals surface area contributed by atoms with E-state index in [9.17, 15) is 9.90 Å². The fourth-order valence-electron chi connectivity index (χ4n) is 2.77. The van der Waals surface area contributed by atoms with Crippen molar-refractivity contribution in [2.75, 3.05) is 16.8 Å². The monoisotopic (exact) mass is 349 g/mol. The van der Waals surface area contributed by atoms with E-state index in [0.29, 0.717) is 17.8 Å². The molecule has 1 atom stereocenters. The third-order valence-corrected chi connectivity index (χ3v) is 4.53. The topological polar surface area (TPSA) is 83.3 Å². The molecule has 2 aliphatic rings. The van der Waals surface area contributed by atoms with Crippen LogP contribution in [0.2, 0.25) is 0 Å². The number of halogens is 1. The van der Waals surface area contributed by atoms with Crippen LogP contribution in [0.1, 0.15) is 17.5 Å². The van der Waals surface area contributed by atoms with Gasteiger partial charge >= 0.3 is 0 Å². The SMILES string of the molecule is O=C1Nc2cc(N3CCn4cnnc4C3)c(Br)cc2C1O. The van der Waals surface area contributed by atoms with Gasteiger partial charge in [0.1, 0.15) is 6.33 Å². The Balaban J connectivity index is 1.71. The number of amides is 1. The Hall–Kier alpha value is -1.93. The molecule has 0 saturated heterocycles. The van der Waals surface area contributed by atoms with E-state index in [-0.39, 0.29) is 5.91 Å². The van der Waals surface area contributed by atoms with Crippen LogP contribution >= 0.6 is 15.9 Å². The first-order chi connectivity index (χ1) is 10.1. The van der Waals surface area contributed by atoms with E-state index >= 15 is 0 Å². The fraction of sp³-hybridized carbons (Fsp3) is 0.308. The molecule has 2 N–H and O–H groups in total. The second kappa shape index (κ2) is 4.54. The molecule has 4 rings (SSSR count). The van der Waals surface area contributed by atoms with Crippen LogP contribution in [0.3, 0.4) is 0 Å². The summed E-state index contributed by atoms with van der Waals surface area (Å²) in [5.41, 5.74) is 2.24. The van der Waals surface area contributed by atoms with Crippen molar-refractivity contribution in [2.45, 2.75) is 19.2 Å². The number of nitrogens with zero attached hydrogens (tertiary/aromatic N) is 4. The lowest BCUT2D eigenvalue weighted by atomic mass is 10.1. The van der Waals surface area contributed by atoms with Gasteiger partial charge in [-0.25, -0.2) is 0 Å². The van der Waals surface area contributed by atoms with Gasteiger partial charge in [-0.05, 0) is 28.1 Å². The van der Waals surface area contributed by atoms with E-state index in [1.54, 1.807) is 12.4 Å². The molecule has 8 heteroatoms. The van der Waals surface area contributed by atoms with Gasteiger partial charge in [-0.2, -0.15) is 0 Å². The van der Waals surface area contributed by atoms with Gasteiger partial charge < -0.3 is 19.9 Å². The number of hydrogen-bond donors (Lipinski definition) is 2. The molecule has 0 radical (unpaired) electrons. The van der Waals surface area contributed by atoms with Crippen molar-refractivity contribution >= 4 is 33.2 Å². The Morgan fingerprint density at radius 2 is 2.24 bits per heavy atom. The molecule has 1 amide bonds. The van der Waals surface area contributed by atoms with E-state index in [1.807, 2.05) is 10.6 Å². The van der Waals surface area contributed by atoms with Crippen LogP contribution in [0.25, 0.3) is 0 Å². The van der Waals surface area contributed by atoms with Gasteiger partial charge in [0.25, 0.3) is 5.91 Å². The number of fused-ring (bicyclic) bond motifs is 2. The number of aliphatic hydroxyl groups excluding tert-OH is 1. The lowest BCUT2D eigenvalue weighted by Crippen LogP contribution is -2.33. The third-order valence-electron chi connectivity index (χ3n) is 3.90. The van der Waals surface area contributed by atoms with Crippen molar-refractivity contribution in [3.05, 3.63) is 34.3 Å². The minimum Gasteiger partial charge on any atom is -0.378 e. The molecular weight excluding hydrogens is 338 g/mol. The van der Waals surface area contributed by atoms with Crippen LogP contribution in [0.4, 0.5) is 11.4 Å². The summed E-state index contributed by atoms with van der Waals surface area (Å²) in [5.74, 6) is 0.533. The Labute approximate surface area is 128 Å². The van der Waals surface area contributed by atoms with E-state index in [1.165, 1.54) is 0 Å². The number of rotatable bonds is 1.